The molecule has 0 bridgehead atoms. The van der Waals surface area contributed by atoms with E-state index in [1.165, 1.54) is 0 Å². The molecule has 2 rings (SSSR count). The maximum Gasteiger partial charge on any atom is 0.434 e. The van der Waals surface area contributed by atoms with E-state index in [0.29, 0.717) is 24.4 Å². The summed E-state index contributed by atoms with van der Waals surface area (Å²) in [5, 5.41) is 1.50. The number of aromatic nitrogens is 1. The highest BCUT2D eigenvalue weighted by atomic mass is 32.1. The molecule has 1 atom stereocenters. The van der Waals surface area contributed by atoms with E-state index in [2.05, 4.69) is 4.98 Å². The van der Waals surface area contributed by atoms with Gasteiger partial charge in [0.15, 0.2) is 5.69 Å². The molecule has 1 saturated heterocycles. The fourth-order valence-corrected chi connectivity index (χ4v) is 3.53. The highest BCUT2D eigenvalue weighted by Gasteiger charge is 2.34. The number of hydrogen-bond donors (Lipinski definition) is 0. The van der Waals surface area contributed by atoms with Gasteiger partial charge in [0.05, 0.1) is 5.01 Å². The number of thiazole rings is 1. The van der Waals surface area contributed by atoms with Crippen LogP contribution in [0.15, 0.2) is 5.38 Å². The molecule has 0 radical (unpaired) electrons. The summed E-state index contributed by atoms with van der Waals surface area (Å²) in [7, 11) is 0. The average molecular weight is 364 g/mol. The number of piperidine rings is 1. The van der Waals surface area contributed by atoms with E-state index in [9.17, 15) is 18.0 Å². The van der Waals surface area contributed by atoms with E-state index >= 15 is 0 Å². The van der Waals surface area contributed by atoms with Crippen molar-refractivity contribution in [2.45, 2.75) is 70.7 Å². The number of carbonyl (C=O) groups excluding carboxylic acids is 1. The standard InChI is InChI=1S/C16H23F3N2O2S/c1-15(2,3)23-14(22)21-9-5-4-6-11(21)7-8-13-20-12(10-24-13)16(17,18)19/h10-11H,4-9H2,1-3H3. The summed E-state index contributed by atoms with van der Waals surface area (Å²) in [6.07, 6.45) is -0.934. The van der Waals surface area contributed by atoms with Gasteiger partial charge in [-0.25, -0.2) is 9.78 Å². The van der Waals surface area contributed by atoms with Gasteiger partial charge in [0.1, 0.15) is 5.60 Å². The summed E-state index contributed by atoms with van der Waals surface area (Å²) in [5.41, 5.74) is -1.40. The predicted molar refractivity (Wildman–Crippen MR) is 86.0 cm³/mol. The SMILES string of the molecule is CC(C)(C)OC(=O)N1CCCCC1CCc1nc(C(F)(F)F)cs1. The van der Waals surface area contributed by atoms with Crippen molar-refractivity contribution in [3.05, 3.63) is 16.1 Å². The van der Waals surface area contributed by atoms with Crippen LogP contribution in [0, 0.1) is 0 Å². The van der Waals surface area contributed by atoms with Crippen LogP contribution in [0.25, 0.3) is 0 Å². The Morgan fingerprint density at radius 2 is 2.08 bits per heavy atom. The molecule has 0 aromatic carbocycles. The Morgan fingerprint density at radius 3 is 2.67 bits per heavy atom. The monoisotopic (exact) mass is 364 g/mol. The van der Waals surface area contributed by atoms with Crippen molar-refractivity contribution in [1.29, 1.82) is 0 Å². The second-order valence-electron chi connectivity index (χ2n) is 6.99. The molecule has 8 heteroatoms. The zero-order valence-electron chi connectivity index (χ0n) is 14.2. The Bertz CT molecular complexity index is 566. The molecule has 0 spiro atoms. The summed E-state index contributed by atoms with van der Waals surface area (Å²) in [5.74, 6) is 0. The third kappa shape index (κ3) is 5.36. The van der Waals surface area contributed by atoms with Crippen LogP contribution in [0.4, 0.5) is 18.0 Å². The molecule has 136 valence electrons. The van der Waals surface area contributed by atoms with Crippen LogP contribution in [0.1, 0.15) is 57.2 Å². The lowest BCUT2D eigenvalue weighted by Gasteiger charge is -2.36. The summed E-state index contributed by atoms with van der Waals surface area (Å²) in [4.78, 5) is 17.7. The highest BCUT2D eigenvalue weighted by molar-refractivity contribution is 7.09. The van der Waals surface area contributed by atoms with Gasteiger partial charge in [-0.05, 0) is 46.5 Å². The Morgan fingerprint density at radius 1 is 1.38 bits per heavy atom. The summed E-state index contributed by atoms with van der Waals surface area (Å²) < 4.78 is 43.2. The fourth-order valence-electron chi connectivity index (χ4n) is 2.71. The average Bonchev–Trinajstić information content (AvgIpc) is 2.92. The molecule has 1 aromatic rings. The second-order valence-corrected chi connectivity index (χ2v) is 7.93. The van der Waals surface area contributed by atoms with Crippen molar-refractivity contribution >= 4 is 17.4 Å². The number of ether oxygens (including phenoxy) is 1. The lowest BCUT2D eigenvalue weighted by molar-refractivity contribution is -0.140. The van der Waals surface area contributed by atoms with Crippen molar-refractivity contribution in [2.24, 2.45) is 0 Å². The van der Waals surface area contributed by atoms with Gasteiger partial charge in [0.2, 0.25) is 0 Å². The topological polar surface area (TPSA) is 42.4 Å². The lowest BCUT2D eigenvalue weighted by Crippen LogP contribution is -2.46. The summed E-state index contributed by atoms with van der Waals surface area (Å²) >= 11 is 1.02. The highest BCUT2D eigenvalue weighted by Crippen LogP contribution is 2.31. The first-order valence-electron chi connectivity index (χ1n) is 8.07. The third-order valence-electron chi connectivity index (χ3n) is 3.79. The predicted octanol–water partition coefficient (Wildman–Crippen LogP) is 4.88. The van der Waals surface area contributed by atoms with E-state index in [1.54, 1.807) is 4.90 Å². The van der Waals surface area contributed by atoms with Gasteiger partial charge >= 0.3 is 12.3 Å². The van der Waals surface area contributed by atoms with E-state index in [4.69, 9.17) is 4.74 Å². The van der Waals surface area contributed by atoms with Gasteiger partial charge < -0.3 is 9.64 Å². The van der Waals surface area contributed by atoms with Gasteiger partial charge in [0.25, 0.3) is 0 Å². The summed E-state index contributed by atoms with van der Waals surface area (Å²) in [6.45, 7) is 6.08. The zero-order valence-corrected chi connectivity index (χ0v) is 15.0. The molecule has 1 aliphatic rings. The van der Waals surface area contributed by atoms with Crippen LogP contribution < -0.4 is 0 Å². The van der Waals surface area contributed by atoms with Crippen LogP contribution in [0.5, 0.6) is 0 Å². The second kappa shape index (κ2) is 7.29. The van der Waals surface area contributed by atoms with Gasteiger partial charge in [-0.15, -0.1) is 11.3 Å². The Balaban J connectivity index is 1.96. The molecule has 1 aromatic heterocycles. The van der Waals surface area contributed by atoms with Crippen LogP contribution in [0.2, 0.25) is 0 Å². The van der Waals surface area contributed by atoms with Gasteiger partial charge in [-0.1, -0.05) is 0 Å². The van der Waals surface area contributed by atoms with E-state index in [1.807, 2.05) is 20.8 Å². The minimum absolute atomic E-state index is 0.00756. The van der Waals surface area contributed by atoms with Crippen molar-refractivity contribution in [2.75, 3.05) is 6.54 Å². The minimum atomic E-state index is -4.40. The molecule has 4 nitrogen and oxygen atoms in total. The van der Waals surface area contributed by atoms with Crippen LogP contribution in [0.3, 0.4) is 0 Å². The molecule has 0 N–H and O–H groups in total. The van der Waals surface area contributed by atoms with Gasteiger partial charge in [0, 0.05) is 24.4 Å². The molecule has 0 aliphatic carbocycles. The lowest BCUT2D eigenvalue weighted by atomic mass is 9.98. The quantitative estimate of drug-likeness (QED) is 0.767. The number of alkyl halides is 3. The first-order chi connectivity index (χ1) is 11.1. The molecule has 0 saturated carbocycles. The number of carbonyl (C=O) groups is 1. The number of likely N-dealkylation sites (tertiary alicyclic amines) is 1. The number of amides is 1. The maximum atomic E-state index is 12.6. The normalized spacial score (nSPS) is 19.4. The molecular weight excluding hydrogens is 341 g/mol. The van der Waals surface area contributed by atoms with Crippen LogP contribution in [-0.2, 0) is 17.3 Å². The Kier molecular flexibility index (Phi) is 5.78. The van der Waals surface area contributed by atoms with Crippen LogP contribution >= 0.6 is 11.3 Å². The third-order valence-corrected chi connectivity index (χ3v) is 4.70. The molecule has 1 fully saturated rings. The number of aryl methyl sites for hydroxylation is 1. The summed E-state index contributed by atoms with van der Waals surface area (Å²) in [6, 6.07) is -0.00756. The number of halogens is 3. The zero-order chi connectivity index (χ0) is 18.0. The minimum Gasteiger partial charge on any atom is -0.444 e. The van der Waals surface area contributed by atoms with Gasteiger partial charge in [-0.2, -0.15) is 13.2 Å². The van der Waals surface area contributed by atoms with Crippen molar-refractivity contribution in [3.63, 3.8) is 0 Å². The van der Waals surface area contributed by atoms with Crippen molar-refractivity contribution in [3.8, 4) is 0 Å². The first kappa shape index (κ1) is 19.0. The number of hydrogen-bond acceptors (Lipinski definition) is 4. The molecule has 2 heterocycles. The fraction of sp³-hybridized carbons (Fsp3) is 0.750. The molecule has 1 aliphatic heterocycles. The van der Waals surface area contributed by atoms with Crippen molar-refractivity contribution < 1.29 is 22.7 Å². The molecule has 24 heavy (non-hydrogen) atoms. The first-order valence-corrected chi connectivity index (χ1v) is 8.95. The number of rotatable bonds is 3. The van der Waals surface area contributed by atoms with E-state index < -0.39 is 17.5 Å². The largest absolute Gasteiger partial charge is 0.444 e. The van der Waals surface area contributed by atoms with E-state index in [0.717, 1.165) is 36.0 Å². The smallest absolute Gasteiger partial charge is 0.434 e. The Labute approximate surface area is 144 Å². The van der Waals surface area contributed by atoms with E-state index in [-0.39, 0.29) is 12.1 Å². The Hall–Kier alpha value is -1.31. The van der Waals surface area contributed by atoms with Gasteiger partial charge in [-0.3, -0.25) is 0 Å². The molecular formula is C16H23F3N2O2S. The molecule has 1 unspecified atom stereocenters. The maximum absolute atomic E-state index is 12.6. The van der Waals surface area contributed by atoms with Crippen molar-refractivity contribution in [1.82, 2.24) is 9.88 Å². The van der Waals surface area contributed by atoms with Crippen LogP contribution in [-0.4, -0.2) is 34.2 Å². The number of nitrogens with zero attached hydrogens (tertiary/aromatic N) is 2. The molecule has 1 amide bonds.